The summed E-state index contributed by atoms with van der Waals surface area (Å²) in [5.74, 6) is -0.0288. The molecule has 0 saturated heterocycles. The van der Waals surface area contributed by atoms with Crippen LogP contribution in [-0.2, 0) is 16.4 Å². The molecule has 1 saturated carbocycles. The summed E-state index contributed by atoms with van der Waals surface area (Å²) in [4.78, 5) is 15.1. The molecule has 4 nitrogen and oxygen atoms in total. The van der Waals surface area contributed by atoms with E-state index in [1.165, 1.54) is 12.3 Å². The monoisotopic (exact) mass is 343 g/mol. The average Bonchev–Trinajstić information content (AvgIpc) is 3.37. The van der Waals surface area contributed by atoms with Crippen molar-refractivity contribution in [3.05, 3.63) is 65.2 Å². The first-order chi connectivity index (χ1) is 11.4. The molecule has 0 spiro atoms. The second kappa shape index (κ2) is 6.40. The minimum Gasteiger partial charge on any atom is -0.331 e. The van der Waals surface area contributed by atoms with Crippen LogP contribution in [-0.4, -0.2) is 31.5 Å². The normalized spacial score (nSPS) is 14.4. The van der Waals surface area contributed by atoms with Crippen molar-refractivity contribution in [1.29, 1.82) is 0 Å². The predicted molar refractivity (Wildman–Crippen MR) is 93.6 cm³/mol. The van der Waals surface area contributed by atoms with Crippen LogP contribution in [0.15, 0.2) is 53.4 Å². The Morgan fingerprint density at radius 3 is 2.33 bits per heavy atom. The molecule has 0 radical (unpaired) electrons. The van der Waals surface area contributed by atoms with Crippen molar-refractivity contribution < 1.29 is 13.2 Å². The smallest absolute Gasteiger partial charge is 0.254 e. The van der Waals surface area contributed by atoms with Gasteiger partial charge in [0.1, 0.15) is 0 Å². The van der Waals surface area contributed by atoms with Gasteiger partial charge in [-0.25, -0.2) is 8.42 Å². The van der Waals surface area contributed by atoms with Gasteiger partial charge in [0.05, 0.1) is 4.90 Å². The Balaban J connectivity index is 1.88. The fraction of sp³-hybridized carbons (Fsp3) is 0.316. The zero-order valence-electron chi connectivity index (χ0n) is 13.9. The van der Waals surface area contributed by atoms with Gasteiger partial charge in [-0.3, -0.25) is 4.79 Å². The molecule has 0 bridgehead atoms. The van der Waals surface area contributed by atoms with Crippen molar-refractivity contribution in [1.82, 2.24) is 4.90 Å². The van der Waals surface area contributed by atoms with Gasteiger partial charge >= 0.3 is 0 Å². The second-order valence-electron chi connectivity index (χ2n) is 6.40. The number of aryl methyl sites for hydroxylation is 1. The average molecular weight is 343 g/mol. The van der Waals surface area contributed by atoms with E-state index < -0.39 is 9.84 Å². The number of benzene rings is 2. The fourth-order valence-corrected chi connectivity index (χ4v) is 3.50. The van der Waals surface area contributed by atoms with E-state index in [1.807, 2.05) is 35.2 Å². The number of hydrogen-bond acceptors (Lipinski definition) is 3. The lowest BCUT2D eigenvalue weighted by molar-refractivity contribution is 0.0729. The topological polar surface area (TPSA) is 54.5 Å². The Hall–Kier alpha value is -2.14. The number of rotatable bonds is 5. The van der Waals surface area contributed by atoms with Crippen molar-refractivity contribution in [2.45, 2.75) is 37.2 Å². The fourth-order valence-electron chi connectivity index (χ4n) is 2.79. The van der Waals surface area contributed by atoms with Crippen LogP contribution in [0.3, 0.4) is 0 Å². The minimum absolute atomic E-state index is 0.0288. The van der Waals surface area contributed by atoms with Gasteiger partial charge < -0.3 is 4.90 Å². The van der Waals surface area contributed by atoms with Crippen molar-refractivity contribution >= 4 is 15.7 Å². The summed E-state index contributed by atoms with van der Waals surface area (Å²) in [6.45, 7) is 2.37. The molecule has 0 aromatic heterocycles. The van der Waals surface area contributed by atoms with Crippen LogP contribution in [0.1, 0.15) is 34.3 Å². The largest absolute Gasteiger partial charge is 0.331 e. The first kappa shape index (κ1) is 16.7. The lowest BCUT2D eigenvalue weighted by Crippen LogP contribution is -2.33. The van der Waals surface area contributed by atoms with E-state index in [9.17, 15) is 13.2 Å². The predicted octanol–water partition coefficient (Wildman–Crippen LogP) is 3.20. The van der Waals surface area contributed by atoms with Crippen LogP contribution in [0, 0.1) is 6.92 Å². The number of nitrogens with zero attached hydrogens (tertiary/aromatic N) is 1. The van der Waals surface area contributed by atoms with E-state index in [1.54, 1.807) is 19.1 Å². The zero-order chi connectivity index (χ0) is 17.3. The van der Waals surface area contributed by atoms with E-state index >= 15 is 0 Å². The van der Waals surface area contributed by atoms with Gasteiger partial charge in [0.2, 0.25) is 0 Å². The molecule has 1 fully saturated rings. The first-order valence-electron chi connectivity index (χ1n) is 8.02. The molecule has 1 amide bonds. The Kier molecular flexibility index (Phi) is 4.45. The maximum atomic E-state index is 13.0. The maximum Gasteiger partial charge on any atom is 0.254 e. The molecule has 5 heteroatoms. The van der Waals surface area contributed by atoms with Crippen LogP contribution in [0.25, 0.3) is 0 Å². The number of carbonyl (C=O) groups is 1. The highest BCUT2D eigenvalue weighted by atomic mass is 32.2. The summed E-state index contributed by atoms with van der Waals surface area (Å²) in [6.07, 6.45) is 3.23. The van der Waals surface area contributed by atoms with E-state index in [4.69, 9.17) is 0 Å². The third kappa shape index (κ3) is 3.67. The molecule has 1 aliphatic carbocycles. The lowest BCUT2D eigenvalue weighted by atomic mass is 10.1. The highest BCUT2D eigenvalue weighted by molar-refractivity contribution is 7.90. The van der Waals surface area contributed by atoms with E-state index in [2.05, 4.69) is 0 Å². The Morgan fingerprint density at radius 1 is 1.12 bits per heavy atom. The summed E-state index contributed by atoms with van der Waals surface area (Å²) in [6, 6.07) is 14.9. The van der Waals surface area contributed by atoms with Crippen LogP contribution >= 0.6 is 0 Å². The highest BCUT2D eigenvalue weighted by Crippen LogP contribution is 2.30. The highest BCUT2D eigenvalue weighted by Gasteiger charge is 2.33. The van der Waals surface area contributed by atoms with Crippen molar-refractivity contribution in [2.75, 3.05) is 6.26 Å². The van der Waals surface area contributed by atoms with E-state index in [-0.39, 0.29) is 16.8 Å². The third-order valence-corrected chi connectivity index (χ3v) is 5.41. The van der Waals surface area contributed by atoms with Crippen LogP contribution in [0.5, 0.6) is 0 Å². The van der Waals surface area contributed by atoms with E-state index in [0.29, 0.717) is 17.7 Å². The molecule has 1 aliphatic rings. The molecule has 0 unspecified atom stereocenters. The van der Waals surface area contributed by atoms with Gasteiger partial charge in [-0.1, -0.05) is 30.3 Å². The summed E-state index contributed by atoms with van der Waals surface area (Å²) in [5.41, 5.74) is 2.37. The Bertz CT molecular complexity index is 855. The first-order valence-corrected chi connectivity index (χ1v) is 9.91. The van der Waals surface area contributed by atoms with Crippen molar-refractivity contribution in [3.8, 4) is 0 Å². The zero-order valence-corrected chi connectivity index (χ0v) is 14.7. The van der Waals surface area contributed by atoms with Gasteiger partial charge in [0.15, 0.2) is 9.84 Å². The molecule has 0 heterocycles. The second-order valence-corrected chi connectivity index (χ2v) is 8.41. The summed E-state index contributed by atoms with van der Waals surface area (Å²) in [7, 11) is -3.27. The van der Waals surface area contributed by atoms with Gasteiger partial charge in [0, 0.05) is 24.4 Å². The standard InChI is InChI=1S/C19H21NO3S/c1-14-12-17(24(2,22)23)10-11-18(14)19(21)20(16-8-9-16)13-15-6-4-3-5-7-15/h3-7,10-12,16H,8-9,13H2,1-2H3. The Labute approximate surface area is 143 Å². The summed E-state index contributed by atoms with van der Waals surface area (Å²) in [5, 5.41) is 0. The van der Waals surface area contributed by atoms with Crippen LogP contribution in [0.2, 0.25) is 0 Å². The summed E-state index contributed by atoms with van der Waals surface area (Å²) >= 11 is 0. The van der Waals surface area contributed by atoms with E-state index in [0.717, 1.165) is 18.4 Å². The van der Waals surface area contributed by atoms with Crippen LogP contribution in [0.4, 0.5) is 0 Å². The van der Waals surface area contributed by atoms with Crippen molar-refractivity contribution in [2.24, 2.45) is 0 Å². The van der Waals surface area contributed by atoms with Crippen LogP contribution < -0.4 is 0 Å². The molecular weight excluding hydrogens is 322 g/mol. The lowest BCUT2D eigenvalue weighted by Gasteiger charge is -2.23. The third-order valence-electron chi connectivity index (χ3n) is 4.30. The van der Waals surface area contributed by atoms with Crippen molar-refractivity contribution in [3.63, 3.8) is 0 Å². The number of amides is 1. The molecule has 3 rings (SSSR count). The SMILES string of the molecule is Cc1cc(S(C)(=O)=O)ccc1C(=O)N(Cc1ccccc1)C1CC1. The minimum atomic E-state index is -3.27. The molecular formula is C19H21NO3S. The quantitative estimate of drug-likeness (QED) is 0.838. The Morgan fingerprint density at radius 2 is 1.79 bits per heavy atom. The number of carbonyl (C=O) groups excluding carboxylic acids is 1. The van der Waals surface area contributed by atoms with Gasteiger partial charge in [-0.05, 0) is 49.1 Å². The molecule has 2 aromatic carbocycles. The van der Waals surface area contributed by atoms with Gasteiger partial charge in [0.25, 0.3) is 5.91 Å². The molecule has 2 aromatic rings. The summed E-state index contributed by atoms with van der Waals surface area (Å²) < 4.78 is 23.3. The molecule has 0 atom stereocenters. The molecule has 24 heavy (non-hydrogen) atoms. The number of hydrogen-bond donors (Lipinski definition) is 0. The molecule has 0 N–H and O–H groups in total. The number of sulfone groups is 1. The van der Waals surface area contributed by atoms with Gasteiger partial charge in [-0.2, -0.15) is 0 Å². The molecule has 126 valence electrons. The maximum absolute atomic E-state index is 13.0. The molecule has 0 aliphatic heterocycles. The van der Waals surface area contributed by atoms with Gasteiger partial charge in [-0.15, -0.1) is 0 Å².